The molecule has 142 valence electrons. The van der Waals surface area contributed by atoms with Crippen LogP contribution in [-0.4, -0.2) is 38.8 Å². The van der Waals surface area contributed by atoms with Gasteiger partial charge in [-0.3, -0.25) is 9.59 Å². The van der Waals surface area contributed by atoms with E-state index in [1.54, 1.807) is 48.5 Å². The van der Waals surface area contributed by atoms with Gasteiger partial charge in [0.05, 0.1) is 35.8 Å². The molecular formula is C19H20N2O5S. The van der Waals surface area contributed by atoms with E-state index in [9.17, 15) is 18.0 Å². The predicted octanol–water partition coefficient (Wildman–Crippen LogP) is 2.32. The summed E-state index contributed by atoms with van der Waals surface area (Å²) in [5.74, 6) is -0.905. The number of amides is 2. The smallest absolute Gasteiger partial charge is 0.257 e. The van der Waals surface area contributed by atoms with Gasteiger partial charge in [-0.05, 0) is 30.7 Å². The van der Waals surface area contributed by atoms with E-state index in [-0.39, 0.29) is 17.1 Å². The molecule has 0 spiro atoms. The molecule has 3 rings (SSSR count). The van der Waals surface area contributed by atoms with E-state index in [1.165, 1.54) is 7.11 Å². The molecule has 1 saturated heterocycles. The van der Waals surface area contributed by atoms with Crippen LogP contribution >= 0.6 is 0 Å². The van der Waals surface area contributed by atoms with E-state index in [0.717, 1.165) is 0 Å². The summed E-state index contributed by atoms with van der Waals surface area (Å²) in [6, 6.07) is 13.5. The first kappa shape index (κ1) is 18.9. The molecule has 2 N–H and O–H groups in total. The van der Waals surface area contributed by atoms with Crippen molar-refractivity contribution in [2.45, 2.75) is 6.42 Å². The fourth-order valence-corrected chi connectivity index (χ4v) is 4.67. The molecule has 0 aliphatic carbocycles. The highest BCUT2D eigenvalue weighted by Gasteiger charge is 2.33. The number of carbonyl (C=O) groups excluding carboxylic acids is 2. The van der Waals surface area contributed by atoms with Gasteiger partial charge in [-0.15, -0.1) is 0 Å². The molecule has 27 heavy (non-hydrogen) atoms. The van der Waals surface area contributed by atoms with Crippen molar-refractivity contribution in [1.82, 2.24) is 0 Å². The highest BCUT2D eigenvalue weighted by molar-refractivity contribution is 7.91. The summed E-state index contributed by atoms with van der Waals surface area (Å²) in [7, 11) is -1.62. The second-order valence-electron chi connectivity index (χ2n) is 6.32. The minimum Gasteiger partial charge on any atom is -0.497 e. The van der Waals surface area contributed by atoms with Crippen molar-refractivity contribution in [1.29, 1.82) is 0 Å². The normalized spacial score (nSPS) is 17.9. The molecule has 1 heterocycles. The summed E-state index contributed by atoms with van der Waals surface area (Å²) in [6.07, 6.45) is 0.298. The van der Waals surface area contributed by atoms with E-state index in [1.807, 2.05) is 0 Å². The fraction of sp³-hybridized carbons (Fsp3) is 0.263. The van der Waals surface area contributed by atoms with Crippen molar-refractivity contribution >= 4 is 33.0 Å². The number of sulfone groups is 1. The van der Waals surface area contributed by atoms with Crippen LogP contribution in [0, 0.1) is 5.92 Å². The van der Waals surface area contributed by atoms with Crippen molar-refractivity contribution < 1.29 is 22.7 Å². The van der Waals surface area contributed by atoms with Gasteiger partial charge in [-0.1, -0.05) is 18.2 Å². The third-order valence-electron chi connectivity index (χ3n) is 4.36. The van der Waals surface area contributed by atoms with Crippen LogP contribution in [0.25, 0.3) is 0 Å². The molecule has 1 fully saturated rings. The van der Waals surface area contributed by atoms with E-state index >= 15 is 0 Å². The van der Waals surface area contributed by atoms with Gasteiger partial charge >= 0.3 is 0 Å². The summed E-state index contributed by atoms with van der Waals surface area (Å²) in [5, 5.41) is 5.45. The van der Waals surface area contributed by atoms with E-state index in [4.69, 9.17) is 4.74 Å². The van der Waals surface area contributed by atoms with E-state index < -0.39 is 27.6 Å². The molecule has 1 aliphatic rings. The van der Waals surface area contributed by atoms with Crippen LogP contribution in [0.2, 0.25) is 0 Å². The highest BCUT2D eigenvalue weighted by atomic mass is 32.2. The molecule has 2 amide bonds. The second-order valence-corrected chi connectivity index (χ2v) is 8.55. The van der Waals surface area contributed by atoms with E-state index in [0.29, 0.717) is 23.5 Å². The van der Waals surface area contributed by atoms with Crippen LogP contribution < -0.4 is 15.4 Å². The molecule has 0 saturated carbocycles. The van der Waals surface area contributed by atoms with Crippen molar-refractivity contribution in [3.63, 3.8) is 0 Å². The largest absolute Gasteiger partial charge is 0.497 e. The van der Waals surface area contributed by atoms with Gasteiger partial charge in [0.2, 0.25) is 5.91 Å². The molecule has 1 unspecified atom stereocenters. The SMILES string of the molecule is COc1cccc(NC(=O)c2ccccc2NC(=O)C2CCS(=O)(=O)C2)c1. The third kappa shape index (κ3) is 4.65. The lowest BCUT2D eigenvalue weighted by molar-refractivity contribution is -0.119. The third-order valence-corrected chi connectivity index (χ3v) is 6.13. The summed E-state index contributed by atoms with van der Waals surface area (Å²) in [6.45, 7) is 0. The highest BCUT2D eigenvalue weighted by Crippen LogP contribution is 2.23. The minimum atomic E-state index is -3.16. The number of para-hydroxylation sites is 1. The standard InChI is InChI=1S/C19H20N2O5S/c1-26-15-6-4-5-14(11-15)20-19(23)16-7-2-3-8-17(16)21-18(22)13-9-10-27(24,25)12-13/h2-8,11,13H,9-10,12H2,1H3,(H,20,23)(H,21,22). The zero-order valence-corrected chi connectivity index (χ0v) is 15.6. The number of ether oxygens (including phenoxy) is 1. The van der Waals surface area contributed by atoms with Gasteiger partial charge in [-0.25, -0.2) is 8.42 Å². The summed E-state index contributed by atoms with van der Waals surface area (Å²) in [5.41, 5.74) is 1.18. The number of hydrogen-bond donors (Lipinski definition) is 2. The first-order valence-corrected chi connectivity index (χ1v) is 10.3. The molecule has 0 radical (unpaired) electrons. The molecular weight excluding hydrogens is 368 g/mol. The predicted molar refractivity (Wildman–Crippen MR) is 103 cm³/mol. The topological polar surface area (TPSA) is 102 Å². The van der Waals surface area contributed by atoms with Gasteiger partial charge in [-0.2, -0.15) is 0 Å². The van der Waals surface area contributed by atoms with Gasteiger partial charge in [0.1, 0.15) is 5.75 Å². The van der Waals surface area contributed by atoms with Gasteiger partial charge in [0, 0.05) is 11.8 Å². The van der Waals surface area contributed by atoms with Crippen LogP contribution in [-0.2, 0) is 14.6 Å². The van der Waals surface area contributed by atoms with Crippen LogP contribution in [0.3, 0.4) is 0 Å². The molecule has 2 aromatic carbocycles. The van der Waals surface area contributed by atoms with E-state index in [2.05, 4.69) is 10.6 Å². The lowest BCUT2D eigenvalue weighted by Crippen LogP contribution is -2.25. The fourth-order valence-electron chi connectivity index (χ4n) is 2.93. The Morgan fingerprint density at radius 2 is 1.85 bits per heavy atom. The number of benzene rings is 2. The number of methoxy groups -OCH3 is 1. The lowest BCUT2D eigenvalue weighted by Gasteiger charge is -2.14. The summed E-state index contributed by atoms with van der Waals surface area (Å²) in [4.78, 5) is 25.0. The van der Waals surface area contributed by atoms with Gasteiger partial charge < -0.3 is 15.4 Å². The summed E-state index contributed by atoms with van der Waals surface area (Å²) < 4.78 is 28.3. The minimum absolute atomic E-state index is 0.0169. The average Bonchev–Trinajstić information content (AvgIpc) is 3.02. The van der Waals surface area contributed by atoms with Crippen molar-refractivity contribution in [2.75, 3.05) is 29.2 Å². The Bertz CT molecular complexity index is 972. The Morgan fingerprint density at radius 1 is 1.07 bits per heavy atom. The first-order chi connectivity index (χ1) is 12.9. The molecule has 1 aliphatic heterocycles. The van der Waals surface area contributed by atoms with Gasteiger partial charge in [0.15, 0.2) is 9.84 Å². The van der Waals surface area contributed by atoms with Crippen LogP contribution in [0.15, 0.2) is 48.5 Å². The summed E-state index contributed by atoms with van der Waals surface area (Å²) >= 11 is 0. The molecule has 7 nitrogen and oxygen atoms in total. The molecule has 8 heteroatoms. The van der Waals surface area contributed by atoms with Crippen molar-refractivity contribution in [2.24, 2.45) is 5.92 Å². The second kappa shape index (κ2) is 7.79. The molecule has 2 aromatic rings. The van der Waals surface area contributed by atoms with Crippen molar-refractivity contribution in [3.8, 4) is 5.75 Å². The first-order valence-electron chi connectivity index (χ1n) is 8.44. The van der Waals surface area contributed by atoms with Crippen LogP contribution in [0.1, 0.15) is 16.8 Å². The van der Waals surface area contributed by atoms with Crippen LogP contribution in [0.5, 0.6) is 5.75 Å². The maximum atomic E-state index is 12.6. The zero-order valence-electron chi connectivity index (χ0n) is 14.8. The number of carbonyl (C=O) groups is 2. The maximum Gasteiger partial charge on any atom is 0.257 e. The Labute approximate surface area is 157 Å². The monoisotopic (exact) mass is 388 g/mol. The maximum absolute atomic E-state index is 12.6. The number of hydrogen-bond acceptors (Lipinski definition) is 5. The average molecular weight is 388 g/mol. The van der Waals surface area contributed by atoms with Crippen LogP contribution in [0.4, 0.5) is 11.4 Å². The molecule has 1 atom stereocenters. The number of rotatable bonds is 5. The Balaban J connectivity index is 1.75. The number of nitrogens with one attached hydrogen (secondary N) is 2. The number of anilines is 2. The Hall–Kier alpha value is -2.87. The molecule has 0 aromatic heterocycles. The zero-order chi connectivity index (χ0) is 19.4. The van der Waals surface area contributed by atoms with Crippen molar-refractivity contribution in [3.05, 3.63) is 54.1 Å². The quantitative estimate of drug-likeness (QED) is 0.819. The molecule has 0 bridgehead atoms. The Morgan fingerprint density at radius 3 is 2.56 bits per heavy atom. The lowest BCUT2D eigenvalue weighted by atomic mass is 10.1. The Kier molecular flexibility index (Phi) is 5.46. The van der Waals surface area contributed by atoms with Gasteiger partial charge in [0.25, 0.3) is 5.91 Å².